The van der Waals surface area contributed by atoms with Crippen molar-refractivity contribution in [2.45, 2.75) is 45.8 Å². The van der Waals surface area contributed by atoms with Gasteiger partial charge < -0.3 is 10.1 Å². The molecule has 1 unspecified atom stereocenters. The Morgan fingerprint density at radius 2 is 1.87 bits per heavy atom. The fourth-order valence-electron chi connectivity index (χ4n) is 3.61. The highest BCUT2D eigenvalue weighted by atomic mass is 19.1. The molecule has 0 aromatic heterocycles. The maximum Gasteiger partial charge on any atom is 0.412 e. The lowest BCUT2D eigenvalue weighted by atomic mass is 9.96. The SMILES string of the molecule is CC(C)(C)OC(=O)Nc1ccc(F)c(NC(=O)C2CCCN(Cc3ccccc3)C2)c1. The lowest BCUT2D eigenvalue weighted by Gasteiger charge is -2.32. The number of carbonyl (C=O) groups excluding carboxylic acids is 2. The largest absolute Gasteiger partial charge is 0.444 e. The highest BCUT2D eigenvalue weighted by Crippen LogP contribution is 2.24. The third-order valence-electron chi connectivity index (χ3n) is 4.99. The molecule has 1 saturated heterocycles. The molecule has 6 nitrogen and oxygen atoms in total. The molecule has 1 atom stereocenters. The monoisotopic (exact) mass is 427 g/mol. The molecule has 2 amide bonds. The molecular formula is C24H30FN3O3. The Hall–Kier alpha value is -2.93. The van der Waals surface area contributed by atoms with E-state index in [0.717, 1.165) is 25.9 Å². The van der Waals surface area contributed by atoms with Crippen LogP contribution in [0.25, 0.3) is 0 Å². The first kappa shape index (κ1) is 22.7. The number of anilines is 2. The standard InChI is InChI=1S/C24H30FN3O3/c1-24(2,3)31-23(30)26-19-11-12-20(25)21(14-19)27-22(29)18-10-7-13-28(16-18)15-17-8-5-4-6-9-17/h4-6,8-9,11-12,14,18H,7,10,13,15-16H2,1-3H3,(H,26,30)(H,27,29). The second kappa shape index (κ2) is 9.92. The molecule has 0 aliphatic carbocycles. The van der Waals surface area contributed by atoms with Crippen LogP contribution in [-0.2, 0) is 16.1 Å². The summed E-state index contributed by atoms with van der Waals surface area (Å²) in [5, 5.41) is 5.26. The fourth-order valence-corrected chi connectivity index (χ4v) is 3.61. The first-order chi connectivity index (χ1) is 14.7. The van der Waals surface area contributed by atoms with Crippen LogP contribution in [0.15, 0.2) is 48.5 Å². The summed E-state index contributed by atoms with van der Waals surface area (Å²) in [6.07, 6.45) is 1.03. The first-order valence-electron chi connectivity index (χ1n) is 10.6. The van der Waals surface area contributed by atoms with Crippen LogP contribution in [0.5, 0.6) is 0 Å². The summed E-state index contributed by atoms with van der Waals surface area (Å²) >= 11 is 0. The Morgan fingerprint density at radius 3 is 2.58 bits per heavy atom. The summed E-state index contributed by atoms with van der Waals surface area (Å²) < 4.78 is 19.5. The minimum absolute atomic E-state index is 0.0405. The fraction of sp³-hybridized carbons (Fsp3) is 0.417. The quantitative estimate of drug-likeness (QED) is 0.703. The average molecular weight is 428 g/mol. The van der Waals surface area contributed by atoms with Crippen molar-refractivity contribution < 1.29 is 18.7 Å². The molecule has 166 valence electrons. The predicted octanol–water partition coefficient (Wildman–Crippen LogP) is 5.02. The zero-order chi connectivity index (χ0) is 22.4. The van der Waals surface area contributed by atoms with Crippen molar-refractivity contribution in [3.05, 3.63) is 59.9 Å². The zero-order valence-corrected chi connectivity index (χ0v) is 18.3. The van der Waals surface area contributed by atoms with Crippen molar-refractivity contribution >= 4 is 23.4 Å². The van der Waals surface area contributed by atoms with Crippen LogP contribution in [0.2, 0.25) is 0 Å². The van der Waals surface area contributed by atoms with Gasteiger partial charge in [-0.15, -0.1) is 0 Å². The molecule has 2 aromatic carbocycles. The van der Waals surface area contributed by atoms with Crippen LogP contribution in [0.4, 0.5) is 20.6 Å². The second-order valence-corrected chi connectivity index (χ2v) is 8.87. The summed E-state index contributed by atoms with van der Waals surface area (Å²) in [6, 6.07) is 14.2. The lowest BCUT2D eigenvalue weighted by molar-refractivity contribution is -0.121. The van der Waals surface area contributed by atoms with Crippen molar-refractivity contribution in [2.75, 3.05) is 23.7 Å². The molecule has 0 bridgehead atoms. The number of carbonyl (C=O) groups is 2. The van der Waals surface area contributed by atoms with Crippen LogP contribution in [-0.4, -0.2) is 35.6 Å². The first-order valence-corrected chi connectivity index (χ1v) is 10.6. The van der Waals surface area contributed by atoms with E-state index in [1.165, 1.54) is 23.8 Å². The van der Waals surface area contributed by atoms with Crippen molar-refractivity contribution in [3.8, 4) is 0 Å². The zero-order valence-electron chi connectivity index (χ0n) is 18.3. The summed E-state index contributed by atoms with van der Waals surface area (Å²) in [5.74, 6) is -0.995. The summed E-state index contributed by atoms with van der Waals surface area (Å²) in [4.78, 5) is 27.0. The van der Waals surface area contributed by atoms with Gasteiger partial charge in [0, 0.05) is 18.8 Å². The van der Waals surface area contributed by atoms with Gasteiger partial charge in [0.15, 0.2) is 0 Å². The number of ether oxygens (including phenoxy) is 1. The van der Waals surface area contributed by atoms with Gasteiger partial charge in [-0.3, -0.25) is 15.0 Å². The van der Waals surface area contributed by atoms with E-state index in [1.807, 2.05) is 18.2 Å². The van der Waals surface area contributed by atoms with Gasteiger partial charge in [0.1, 0.15) is 11.4 Å². The molecule has 31 heavy (non-hydrogen) atoms. The molecule has 0 radical (unpaired) electrons. The molecule has 2 aromatic rings. The highest BCUT2D eigenvalue weighted by Gasteiger charge is 2.26. The van der Waals surface area contributed by atoms with E-state index in [9.17, 15) is 14.0 Å². The van der Waals surface area contributed by atoms with Crippen molar-refractivity contribution in [1.29, 1.82) is 0 Å². The Kier molecular flexibility index (Phi) is 7.28. The van der Waals surface area contributed by atoms with Gasteiger partial charge >= 0.3 is 6.09 Å². The number of hydrogen-bond donors (Lipinski definition) is 2. The van der Waals surface area contributed by atoms with Crippen molar-refractivity contribution in [2.24, 2.45) is 5.92 Å². The number of benzene rings is 2. The van der Waals surface area contributed by atoms with E-state index >= 15 is 0 Å². The van der Waals surface area contributed by atoms with Gasteiger partial charge in [0.05, 0.1) is 11.6 Å². The maximum atomic E-state index is 14.3. The van der Waals surface area contributed by atoms with Crippen LogP contribution in [0, 0.1) is 11.7 Å². The van der Waals surface area contributed by atoms with Gasteiger partial charge in [0.25, 0.3) is 0 Å². The van der Waals surface area contributed by atoms with Crippen LogP contribution in [0.3, 0.4) is 0 Å². The van der Waals surface area contributed by atoms with Gasteiger partial charge in [-0.25, -0.2) is 9.18 Å². The Bertz CT molecular complexity index is 912. The number of nitrogens with one attached hydrogen (secondary N) is 2. The number of halogens is 1. The lowest BCUT2D eigenvalue weighted by Crippen LogP contribution is -2.40. The number of piperidine rings is 1. The van der Waals surface area contributed by atoms with Gasteiger partial charge in [0.2, 0.25) is 5.91 Å². The molecule has 1 fully saturated rings. The topological polar surface area (TPSA) is 70.7 Å². The average Bonchev–Trinajstić information content (AvgIpc) is 2.70. The molecule has 7 heteroatoms. The Balaban J connectivity index is 1.60. The summed E-state index contributed by atoms with van der Waals surface area (Å²) in [5.41, 5.74) is 0.947. The van der Waals surface area contributed by atoms with E-state index in [1.54, 1.807) is 20.8 Å². The number of hydrogen-bond acceptors (Lipinski definition) is 4. The highest BCUT2D eigenvalue weighted by molar-refractivity contribution is 5.94. The van der Waals surface area contributed by atoms with Crippen LogP contribution in [0.1, 0.15) is 39.2 Å². The molecule has 1 aliphatic rings. The smallest absolute Gasteiger partial charge is 0.412 e. The Morgan fingerprint density at radius 1 is 1.13 bits per heavy atom. The molecule has 0 spiro atoms. The predicted molar refractivity (Wildman–Crippen MR) is 119 cm³/mol. The molecule has 3 rings (SSSR count). The number of nitrogens with zero attached hydrogens (tertiary/aromatic N) is 1. The van der Waals surface area contributed by atoms with Crippen LogP contribution < -0.4 is 10.6 Å². The summed E-state index contributed by atoms with van der Waals surface area (Å²) in [7, 11) is 0. The van der Waals surface area contributed by atoms with Gasteiger partial charge in [-0.2, -0.15) is 0 Å². The molecule has 2 N–H and O–H groups in total. The number of amides is 2. The Labute approximate surface area is 182 Å². The normalized spacial score (nSPS) is 17.1. The van der Waals surface area contributed by atoms with Crippen LogP contribution >= 0.6 is 0 Å². The second-order valence-electron chi connectivity index (χ2n) is 8.87. The van der Waals surface area contributed by atoms with Gasteiger partial charge in [-0.05, 0) is 63.9 Å². The molecule has 1 aliphatic heterocycles. The van der Waals surface area contributed by atoms with E-state index in [-0.39, 0.29) is 17.5 Å². The van der Waals surface area contributed by atoms with Crippen molar-refractivity contribution in [1.82, 2.24) is 4.90 Å². The third kappa shape index (κ3) is 7.07. The minimum Gasteiger partial charge on any atom is -0.444 e. The molecule has 0 saturated carbocycles. The minimum atomic E-state index is -0.645. The van der Waals surface area contributed by atoms with Crippen molar-refractivity contribution in [3.63, 3.8) is 0 Å². The summed E-state index contributed by atoms with van der Waals surface area (Å²) in [6.45, 7) is 7.62. The number of rotatable bonds is 5. The van der Waals surface area contributed by atoms with E-state index < -0.39 is 17.5 Å². The molecular weight excluding hydrogens is 397 g/mol. The van der Waals surface area contributed by atoms with E-state index in [4.69, 9.17) is 4.74 Å². The third-order valence-corrected chi connectivity index (χ3v) is 4.99. The number of likely N-dealkylation sites (tertiary alicyclic amines) is 1. The van der Waals surface area contributed by atoms with Gasteiger partial charge in [-0.1, -0.05) is 30.3 Å². The maximum absolute atomic E-state index is 14.3. The van der Waals surface area contributed by atoms with E-state index in [2.05, 4.69) is 27.7 Å². The van der Waals surface area contributed by atoms with E-state index in [0.29, 0.717) is 12.2 Å². The molecule has 1 heterocycles.